The van der Waals surface area contributed by atoms with E-state index in [1.165, 1.54) is 4.80 Å². The average molecular weight is 365 g/mol. The zero-order chi connectivity index (χ0) is 18.8. The number of likely N-dealkylation sites (tertiary alicyclic amines) is 1. The van der Waals surface area contributed by atoms with Crippen LogP contribution in [0.2, 0.25) is 0 Å². The average Bonchev–Trinajstić information content (AvgIpc) is 3.36. The summed E-state index contributed by atoms with van der Waals surface area (Å²) in [4.78, 5) is 20.9. The Labute approximate surface area is 157 Å². The summed E-state index contributed by atoms with van der Waals surface area (Å²) in [5.41, 5.74) is 1.53. The first-order valence-corrected chi connectivity index (χ1v) is 9.30. The minimum absolute atomic E-state index is 0.0629. The molecule has 0 N–H and O–H groups in total. The molecule has 8 heteroatoms. The first kappa shape index (κ1) is 17.4. The Bertz CT molecular complexity index is 928. The minimum atomic E-state index is 0.0629. The van der Waals surface area contributed by atoms with Gasteiger partial charge in [-0.05, 0) is 37.1 Å². The van der Waals surface area contributed by atoms with Crippen molar-refractivity contribution >= 4 is 5.91 Å². The SMILES string of the molecule is CCn1ccnc1[C@@H]1CCCN(C(=O)c2ccc(-c3nnn(C)n3)cc2)C1. The van der Waals surface area contributed by atoms with Crippen LogP contribution in [0, 0.1) is 0 Å². The predicted molar refractivity (Wildman–Crippen MR) is 100 cm³/mol. The van der Waals surface area contributed by atoms with Crippen molar-refractivity contribution in [3.05, 3.63) is 48.0 Å². The Hall–Kier alpha value is -3.03. The number of aromatic nitrogens is 6. The molecule has 1 saturated heterocycles. The molecule has 4 rings (SSSR count). The van der Waals surface area contributed by atoms with E-state index in [0.717, 1.165) is 37.3 Å². The van der Waals surface area contributed by atoms with Crippen molar-refractivity contribution in [3.63, 3.8) is 0 Å². The number of hydrogen-bond acceptors (Lipinski definition) is 5. The summed E-state index contributed by atoms with van der Waals surface area (Å²) in [6.07, 6.45) is 5.92. The highest BCUT2D eigenvalue weighted by Gasteiger charge is 2.27. The third-order valence-corrected chi connectivity index (χ3v) is 5.06. The molecule has 0 radical (unpaired) electrons. The van der Waals surface area contributed by atoms with E-state index in [0.29, 0.717) is 23.9 Å². The zero-order valence-electron chi connectivity index (χ0n) is 15.6. The van der Waals surface area contributed by atoms with E-state index < -0.39 is 0 Å². The van der Waals surface area contributed by atoms with Gasteiger partial charge < -0.3 is 9.47 Å². The molecule has 0 unspecified atom stereocenters. The Morgan fingerprint density at radius 1 is 1.26 bits per heavy atom. The van der Waals surface area contributed by atoms with E-state index in [-0.39, 0.29) is 5.91 Å². The van der Waals surface area contributed by atoms with Gasteiger partial charge in [0, 0.05) is 49.1 Å². The number of amides is 1. The number of tetrazole rings is 1. The van der Waals surface area contributed by atoms with Crippen molar-refractivity contribution < 1.29 is 4.79 Å². The highest BCUT2D eigenvalue weighted by atomic mass is 16.2. The number of hydrogen-bond donors (Lipinski definition) is 0. The highest BCUT2D eigenvalue weighted by Crippen LogP contribution is 2.27. The maximum absolute atomic E-state index is 13.0. The fourth-order valence-electron chi connectivity index (χ4n) is 3.66. The fraction of sp³-hybridized carbons (Fsp3) is 0.421. The van der Waals surface area contributed by atoms with Crippen LogP contribution in [0.3, 0.4) is 0 Å². The molecule has 3 heterocycles. The lowest BCUT2D eigenvalue weighted by molar-refractivity contribution is 0.0703. The lowest BCUT2D eigenvalue weighted by atomic mass is 9.96. The van der Waals surface area contributed by atoms with Gasteiger partial charge in [-0.15, -0.1) is 10.2 Å². The first-order chi connectivity index (χ1) is 13.2. The summed E-state index contributed by atoms with van der Waals surface area (Å²) in [5.74, 6) is 1.99. The van der Waals surface area contributed by atoms with Crippen molar-refractivity contribution in [2.75, 3.05) is 13.1 Å². The Morgan fingerprint density at radius 2 is 2.07 bits per heavy atom. The number of imidazole rings is 1. The van der Waals surface area contributed by atoms with Crippen molar-refractivity contribution in [3.8, 4) is 11.4 Å². The second-order valence-electron chi connectivity index (χ2n) is 6.84. The molecule has 0 aliphatic carbocycles. The van der Waals surface area contributed by atoms with Crippen molar-refractivity contribution in [1.29, 1.82) is 0 Å². The van der Waals surface area contributed by atoms with E-state index in [9.17, 15) is 4.79 Å². The molecular weight excluding hydrogens is 342 g/mol. The molecule has 1 aromatic carbocycles. The number of rotatable bonds is 4. The van der Waals surface area contributed by atoms with Gasteiger partial charge in [-0.25, -0.2) is 4.98 Å². The first-order valence-electron chi connectivity index (χ1n) is 9.30. The van der Waals surface area contributed by atoms with Crippen LogP contribution in [0.5, 0.6) is 0 Å². The molecule has 1 aliphatic rings. The summed E-state index contributed by atoms with van der Waals surface area (Å²) in [5, 5.41) is 12.0. The van der Waals surface area contributed by atoms with Gasteiger partial charge in [0.15, 0.2) is 0 Å². The number of carbonyl (C=O) groups is 1. The van der Waals surface area contributed by atoms with Crippen LogP contribution in [0.15, 0.2) is 36.7 Å². The van der Waals surface area contributed by atoms with Crippen LogP contribution in [-0.4, -0.2) is 53.7 Å². The minimum Gasteiger partial charge on any atom is -0.338 e. The third kappa shape index (κ3) is 3.47. The predicted octanol–water partition coefficient (Wildman–Crippen LogP) is 2.11. The van der Waals surface area contributed by atoms with Crippen LogP contribution < -0.4 is 0 Å². The smallest absolute Gasteiger partial charge is 0.253 e. The van der Waals surface area contributed by atoms with E-state index in [1.54, 1.807) is 7.05 Å². The summed E-state index contributed by atoms with van der Waals surface area (Å²) >= 11 is 0. The summed E-state index contributed by atoms with van der Waals surface area (Å²) in [7, 11) is 1.73. The second-order valence-corrected chi connectivity index (χ2v) is 6.84. The van der Waals surface area contributed by atoms with Crippen LogP contribution >= 0.6 is 0 Å². The van der Waals surface area contributed by atoms with E-state index in [2.05, 4.69) is 31.9 Å². The maximum atomic E-state index is 13.0. The van der Waals surface area contributed by atoms with Gasteiger partial charge in [-0.3, -0.25) is 4.79 Å². The second kappa shape index (κ2) is 7.30. The molecule has 3 aromatic rings. The summed E-state index contributed by atoms with van der Waals surface area (Å²) in [6, 6.07) is 7.42. The quantitative estimate of drug-likeness (QED) is 0.707. The van der Waals surface area contributed by atoms with Crippen LogP contribution in [0.4, 0.5) is 0 Å². The molecule has 1 atom stereocenters. The van der Waals surface area contributed by atoms with Gasteiger partial charge in [0.1, 0.15) is 5.82 Å². The van der Waals surface area contributed by atoms with Crippen LogP contribution in [-0.2, 0) is 13.6 Å². The normalized spacial score (nSPS) is 17.3. The standard InChI is InChI=1S/C19H23N7O/c1-3-25-12-10-20-18(25)16-5-4-11-26(13-16)19(27)15-8-6-14(7-9-15)17-21-23-24(2)22-17/h6-10,12,16H,3-5,11,13H2,1-2H3/t16-/m1/s1. The number of carbonyl (C=O) groups excluding carboxylic acids is 1. The molecule has 8 nitrogen and oxygen atoms in total. The molecule has 1 aliphatic heterocycles. The van der Waals surface area contributed by atoms with Crippen molar-refractivity contribution in [2.24, 2.45) is 7.05 Å². The lowest BCUT2D eigenvalue weighted by Crippen LogP contribution is -2.39. The van der Waals surface area contributed by atoms with Crippen molar-refractivity contribution in [2.45, 2.75) is 32.2 Å². The number of benzene rings is 1. The van der Waals surface area contributed by atoms with Crippen molar-refractivity contribution in [1.82, 2.24) is 34.7 Å². The van der Waals surface area contributed by atoms with Gasteiger partial charge in [-0.1, -0.05) is 12.1 Å². The van der Waals surface area contributed by atoms with E-state index >= 15 is 0 Å². The summed E-state index contributed by atoms with van der Waals surface area (Å²) < 4.78 is 2.17. The van der Waals surface area contributed by atoms with Crippen LogP contribution in [0.25, 0.3) is 11.4 Å². The highest BCUT2D eigenvalue weighted by molar-refractivity contribution is 5.94. The molecule has 0 spiro atoms. The van der Waals surface area contributed by atoms with Gasteiger partial charge in [-0.2, -0.15) is 4.80 Å². The molecular formula is C19H23N7O. The molecule has 140 valence electrons. The molecule has 2 aromatic heterocycles. The molecule has 0 saturated carbocycles. The largest absolute Gasteiger partial charge is 0.338 e. The number of aryl methyl sites for hydroxylation is 2. The fourth-order valence-corrected chi connectivity index (χ4v) is 3.66. The zero-order valence-corrected chi connectivity index (χ0v) is 15.6. The molecule has 27 heavy (non-hydrogen) atoms. The number of nitrogens with zero attached hydrogens (tertiary/aromatic N) is 7. The Morgan fingerprint density at radius 3 is 2.78 bits per heavy atom. The Kier molecular flexibility index (Phi) is 4.70. The monoisotopic (exact) mass is 365 g/mol. The molecule has 0 bridgehead atoms. The number of piperidine rings is 1. The third-order valence-electron chi connectivity index (χ3n) is 5.06. The van der Waals surface area contributed by atoms with Gasteiger partial charge in [0.05, 0.1) is 7.05 Å². The molecule has 1 amide bonds. The van der Waals surface area contributed by atoms with Gasteiger partial charge in [0.2, 0.25) is 5.82 Å². The van der Waals surface area contributed by atoms with E-state index in [1.807, 2.05) is 41.6 Å². The molecule has 1 fully saturated rings. The summed E-state index contributed by atoms with van der Waals surface area (Å²) in [6.45, 7) is 4.51. The van der Waals surface area contributed by atoms with Gasteiger partial charge in [0.25, 0.3) is 5.91 Å². The topological polar surface area (TPSA) is 81.7 Å². The lowest BCUT2D eigenvalue weighted by Gasteiger charge is -2.32. The van der Waals surface area contributed by atoms with E-state index in [4.69, 9.17) is 0 Å². The Balaban J connectivity index is 1.49. The van der Waals surface area contributed by atoms with Gasteiger partial charge >= 0.3 is 0 Å². The van der Waals surface area contributed by atoms with Crippen LogP contribution in [0.1, 0.15) is 41.9 Å². The maximum Gasteiger partial charge on any atom is 0.253 e.